The number of halogens is 2. The lowest BCUT2D eigenvalue weighted by Gasteiger charge is -2.14. The van der Waals surface area contributed by atoms with Crippen LogP contribution in [0, 0.1) is 0 Å². The van der Waals surface area contributed by atoms with Gasteiger partial charge in [0.05, 0.1) is 10.7 Å². The highest BCUT2D eigenvalue weighted by atomic mass is 35.5. The topological polar surface area (TPSA) is 105 Å². The first-order valence-corrected chi connectivity index (χ1v) is 7.85. The van der Waals surface area contributed by atoms with Gasteiger partial charge in [-0.3, -0.25) is 0 Å². The molecule has 0 saturated carbocycles. The molecule has 0 bridgehead atoms. The Morgan fingerprint density at radius 2 is 1.96 bits per heavy atom. The summed E-state index contributed by atoms with van der Waals surface area (Å²) in [6, 6.07) is 12.0. The van der Waals surface area contributed by atoms with Gasteiger partial charge in [0.1, 0.15) is 0 Å². The number of carbonyl (C=O) groups is 1. The van der Waals surface area contributed by atoms with Crippen LogP contribution < -0.4 is 10.9 Å². The average Bonchev–Trinajstić information content (AvgIpc) is 3.05. The number of rotatable bonds is 4. The van der Waals surface area contributed by atoms with E-state index in [2.05, 4.69) is 10.1 Å². The molecule has 25 heavy (non-hydrogen) atoms. The van der Waals surface area contributed by atoms with Crippen molar-refractivity contribution in [3.8, 4) is 11.5 Å². The minimum Gasteiger partial charge on any atom is -0.464 e. The molecule has 0 aliphatic heterocycles. The van der Waals surface area contributed by atoms with Crippen molar-refractivity contribution in [3.63, 3.8) is 0 Å². The summed E-state index contributed by atoms with van der Waals surface area (Å²) in [4.78, 5) is 15.3. The maximum atomic E-state index is 11.0. The van der Waals surface area contributed by atoms with Crippen LogP contribution in [0.1, 0.15) is 11.4 Å². The van der Waals surface area contributed by atoms with Gasteiger partial charge in [-0.1, -0.05) is 46.6 Å². The first kappa shape index (κ1) is 17.2. The lowest BCUT2D eigenvalue weighted by Crippen LogP contribution is -2.36. The third-order valence-corrected chi connectivity index (χ3v) is 4.12. The van der Waals surface area contributed by atoms with Crippen molar-refractivity contribution < 1.29 is 14.4 Å². The third-order valence-electron chi connectivity index (χ3n) is 3.43. The van der Waals surface area contributed by atoms with Crippen molar-refractivity contribution in [1.29, 1.82) is 0 Å². The van der Waals surface area contributed by atoms with Crippen molar-refractivity contribution in [2.24, 2.45) is 5.84 Å². The Bertz CT molecular complexity index is 929. The minimum absolute atomic E-state index is 0.109. The van der Waals surface area contributed by atoms with Crippen molar-refractivity contribution in [2.45, 2.75) is 6.42 Å². The zero-order chi connectivity index (χ0) is 18.0. The van der Waals surface area contributed by atoms with E-state index in [4.69, 9.17) is 38.7 Å². The smallest absolute Gasteiger partial charge is 0.426 e. The maximum Gasteiger partial charge on any atom is 0.426 e. The SMILES string of the molecule is NN(C(=O)O)c1cc(-c2nc(Cc3ccccc3Cl)no2)ccc1Cl. The molecule has 128 valence electrons. The van der Waals surface area contributed by atoms with E-state index in [0.29, 0.717) is 27.8 Å². The second-order valence-electron chi connectivity index (χ2n) is 5.10. The van der Waals surface area contributed by atoms with Crippen LogP contribution in [0.15, 0.2) is 47.0 Å². The van der Waals surface area contributed by atoms with Crippen LogP contribution in [0.3, 0.4) is 0 Å². The normalized spacial score (nSPS) is 10.7. The van der Waals surface area contributed by atoms with Crippen molar-refractivity contribution in [1.82, 2.24) is 10.1 Å². The van der Waals surface area contributed by atoms with E-state index < -0.39 is 6.09 Å². The van der Waals surface area contributed by atoms with E-state index in [1.807, 2.05) is 18.2 Å². The van der Waals surface area contributed by atoms with Gasteiger partial charge in [-0.05, 0) is 29.8 Å². The molecule has 0 unspecified atom stereocenters. The highest BCUT2D eigenvalue weighted by Crippen LogP contribution is 2.30. The summed E-state index contributed by atoms with van der Waals surface area (Å²) in [6.07, 6.45) is -0.939. The molecule has 0 aliphatic carbocycles. The largest absolute Gasteiger partial charge is 0.464 e. The second kappa shape index (κ2) is 7.10. The minimum atomic E-state index is -1.34. The lowest BCUT2D eigenvalue weighted by atomic mass is 10.1. The van der Waals surface area contributed by atoms with Gasteiger partial charge in [0.25, 0.3) is 5.89 Å². The predicted octanol–water partition coefficient (Wildman–Crippen LogP) is 3.99. The quantitative estimate of drug-likeness (QED) is 0.403. The molecule has 0 spiro atoms. The summed E-state index contributed by atoms with van der Waals surface area (Å²) in [5, 5.41) is 14.2. The Kier molecular flexibility index (Phi) is 4.89. The summed E-state index contributed by atoms with van der Waals surface area (Å²) >= 11 is 12.1. The van der Waals surface area contributed by atoms with E-state index in [1.165, 1.54) is 12.1 Å². The zero-order valence-corrected chi connectivity index (χ0v) is 14.2. The van der Waals surface area contributed by atoms with Crippen LogP contribution in [-0.2, 0) is 6.42 Å². The van der Waals surface area contributed by atoms with Gasteiger partial charge in [-0.25, -0.2) is 15.6 Å². The van der Waals surface area contributed by atoms with Crippen LogP contribution in [0.4, 0.5) is 10.5 Å². The molecule has 2 aromatic carbocycles. The maximum absolute atomic E-state index is 11.0. The van der Waals surface area contributed by atoms with Crippen molar-refractivity contribution in [3.05, 3.63) is 63.9 Å². The monoisotopic (exact) mass is 378 g/mol. The molecule has 0 radical (unpaired) electrons. The van der Waals surface area contributed by atoms with Crippen LogP contribution in [0.25, 0.3) is 11.5 Å². The van der Waals surface area contributed by atoms with Gasteiger partial charge in [0, 0.05) is 17.0 Å². The fraction of sp³-hybridized carbons (Fsp3) is 0.0625. The first-order valence-electron chi connectivity index (χ1n) is 7.09. The third kappa shape index (κ3) is 3.74. The number of hydrogen-bond donors (Lipinski definition) is 2. The molecule has 3 N–H and O–H groups in total. The summed E-state index contributed by atoms with van der Waals surface area (Å²) in [5.41, 5.74) is 1.47. The molecule has 3 aromatic rings. The molecule has 0 saturated heterocycles. The lowest BCUT2D eigenvalue weighted by molar-refractivity contribution is 0.202. The standard InChI is InChI=1S/C16H12Cl2N4O3/c17-11-4-2-1-3-9(11)8-14-20-15(25-21-14)10-5-6-12(18)13(7-10)22(19)16(23)24/h1-7H,8,19H2,(H,23,24). The van der Waals surface area contributed by atoms with Gasteiger partial charge in [0.15, 0.2) is 5.82 Å². The van der Waals surface area contributed by atoms with Crippen LogP contribution in [0.2, 0.25) is 10.0 Å². The summed E-state index contributed by atoms with van der Waals surface area (Å²) in [6.45, 7) is 0. The van der Waals surface area contributed by atoms with Crippen LogP contribution in [-0.4, -0.2) is 21.3 Å². The molecule has 3 rings (SSSR count). The highest BCUT2D eigenvalue weighted by molar-refractivity contribution is 6.33. The predicted molar refractivity (Wildman–Crippen MR) is 93.7 cm³/mol. The number of hydrogen-bond acceptors (Lipinski definition) is 5. The molecule has 9 heteroatoms. The molecule has 1 heterocycles. The number of carboxylic acid groups (broad SMARTS) is 1. The Hall–Kier alpha value is -2.61. The number of nitrogens with two attached hydrogens (primary N) is 1. The molecule has 0 fully saturated rings. The van der Waals surface area contributed by atoms with Crippen molar-refractivity contribution >= 4 is 35.0 Å². The second-order valence-corrected chi connectivity index (χ2v) is 5.92. The summed E-state index contributed by atoms with van der Waals surface area (Å²) in [5.74, 6) is 6.15. The van der Waals surface area contributed by atoms with E-state index in [-0.39, 0.29) is 16.6 Å². The Labute approximate surface area is 152 Å². The molecule has 1 amide bonds. The number of nitrogens with zero attached hydrogens (tertiary/aromatic N) is 3. The fourth-order valence-corrected chi connectivity index (χ4v) is 2.60. The molecule has 0 atom stereocenters. The van der Waals surface area contributed by atoms with Gasteiger partial charge >= 0.3 is 6.09 Å². The summed E-state index contributed by atoms with van der Waals surface area (Å²) < 4.78 is 5.24. The number of hydrazine groups is 1. The van der Waals surface area contributed by atoms with Gasteiger partial charge in [0.2, 0.25) is 0 Å². The molecular formula is C16H12Cl2N4O3. The van der Waals surface area contributed by atoms with Crippen LogP contribution in [0.5, 0.6) is 0 Å². The number of aromatic nitrogens is 2. The number of anilines is 1. The highest BCUT2D eigenvalue weighted by Gasteiger charge is 2.17. The first-order chi connectivity index (χ1) is 12.0. The van der Waals surface area contributed by atoms with E-state index in [9.17, 15) is 4.79 Å². The number of benzene rings is 2. The zero-order valence-electron chi connectivity index (χ0n) is 12.7. The van der Waals surface area contributed by atoms with E-state index in [0.717, 1.165) is 5.56 Å². The van der Waals surface area contributed by atoms with Gasteiger partial charge in [-0.2, -0.15) is 4.98 Å². The Morgan fingerprint density at radius 3 is 2.68 bits per heavy atom. The van der Waals surface area contributed by atoms with Crippen LogP contribution >= 0.6 is 23.2 Å². The van der Waals surface area contributed by atoms with E-state index in [1.54, 1.807) is 12.1 Å². The molecule has 1 aromatic heterocycles. The molecule has 7 nitrogen and oxygen atoms in total. The fourth-order valence-electron chi connectivity index (χ4n) is 2.19. The molecular weight excluding hydrogens is 367 g/mol. The Balaban J connectivity index is 1.89. The van der Waals surface area contributed by atoms with E-state index >= 15 is 0 Å². The molecule has 0 aliphatic rings. The van der Waals surface area contributed by atoms with Gasteiger partial charge < -0.3 is 9.63 Å². The summed E-state index contributed by atoms with van der Waals surface area (Å²) in [7, 11) is 0. The Morgan fingerprint density at radius 1 is 1.20 bits per heavy atom. The van der Waals surface area contributed by atoms with Crippen molar-refractivity contribution in [2.75, 3.05) is 5.01 Å². The average molecular weight is 379 g/mol. The van der Waals surface area contributed by atoms with Gasteiger partial charge in [-0.15, -0.1) is 0 Å². The number of amides is 1.